The molecule has 3 saturated carbocycles. The van der Waals surface area contributed by atoms with E-state index in [4.69, 9.17) is 0 Å². The Balaban J connectivity index is 1.76. The van der Waals surface area contributed by atoms with Crippen LogP contribution in [0.15, 0.2) is 47.6 Å². The number of allylic oxidation sites excluding steroid dienone is 4. The van der Waals surface area contributed by atoms with Gasteiger partial charge < -0.3 is 15.3 Å². The van der Waals surface area contributed by atoms with E-state index in [2.05, 4.69) is 51.7 Å². The lowest BCUT2D eigenvalue weighted by molar-refractivity contribution is 0.0436. The van der Waals surface area contributed by atoms with Gasteiger partial charge in [0.2, 0.25) is 0 Å². The minimum absolute atomic E-state index is 0.141. The van der Waals surface area contributed by atoms with Crippen LogP contribution in [0.25, 0.3) is 0 Å². The van der Waals surface area contributed by atoms with Crippen LogP contribution in [0.5, 0.6) is 0 Å². The molecule has 3 heteroatoms. The third-order valence-electron chi connectivity index (χ3n) is 8.75. The highest BCUT2D eigenvalue weighted by molar-refractivity contribution is 5.38. The molecule has 3 nitrogen and oxygen atoms in total. The second kappa shape index (κ2) is 9.37. The maximum absolute atomic E-state index is 10.3. The van der Waals surface area contributed by atoms with Gasteiger partial charge in [-0.3, -0.25) is 0 Å². The maximum atomic E-state index is 10.3. The van der Waals surface area contributed by atoms with E-state index in [0.717, 1.165) is 17.6 Å². The van der Waals surface area contributed by atoms with Gasteiger partial charge in [-0.1, -0.05) is 57.2 Å². The van der Waals surface area contributed by atoms with E-state index in [9.17, 15) is 15.3 Å². The summed E-state index contributed by atoms with van der Waals surface area (Å²) in [5.74, 6) is 1.91. The lowest BCUT2D eigenvalue weighted by atomic mass is 9.61. The SMILES string of the molecule is C=C1/C(=C\C=C2/CCC[C@]3(C)[C@@H]([C@H](C)/C=C/[C@@H](C)C(C)(C)O)CC[C@@H]23)C[C@@H](O)C[C@H]1O. The summed E-state index contributed by atoms with van der Waals surface area (Å²) in [6, 6.07) is 0. The highest BCUT2D eigenvalue weighted by Crippen LogP contribution is 2.59. The lowest BCUT2D eigenvalue weighted by Crippen LogP contribution is -2.35. The van der Waals surface area contributed by atoms with Crippen LogP contribution in [0.3, 0.4) is 0 Å². The molecule has 3 aliphatic carbocycles. The molecule has 0 radical (unpaired) electrons. The van der Waals surface area contributed by atoms with Gasteiger partial charge >= 0.3 is 0 Å². The van der Waals surface area contributed by atoms with E-state index in [0.29, 0.717) is 36.0 Å². The number of fused-ring (bicyclic) bond motifs is 1. The molecule has 3 N–H and O–H groups in total. The normalized spacial score (nSPS) is 39.3. The molecule has 3 aliphatic rings. The summed E-state index contributed by atoms with van der Waals surface area (Å²) < 4.78 is 0. The Kier molecular flexibility index (Phi) is 7.40. The molecular formula is C28H44O3. The van der Waals surface area contributed by atoms with Gasteiger partial charge in [-0.05, 0) is 86.7 Å². The average Bonchev–Trinajstić information content (AvgIpc) is 3.04. The highest BCUT2D eigenvalue weighted by Gasteiger charge is 2.50. The smallest absolute Gasteiger partial charge is 0.0811 e. The largest absolute Gasteiger partial charge is 0.393 e. The Morgan fingerprint density at radius 2 is 1.84 bits per heavy atom. The summed E-state index contributed by atoms with van der Waals surface area (Å²) >= 11 is 0. The monoisotopic (exact) mass is 428 g/mol. The van der Waals surface area contributed by atoms with Crippen molar-refractivity contribution >= 4 is 0 Å². The summed E-state index contributed by atoms with van der Waals surface area (Å²) in [6.07, 6.45) is 15.0. The Morgan fingerprint density at radius 1 is 1.13 bits per heavy atom. The highest BCUT2D eigenvalue weighted by atomic mass is 16.3. The van der Waals surface area contributed by atoms with E-state index in [1.807, 2.05) is 13.8 Å². The quantitative estimate of drug-likeness (QED) is 0.490. The molecule has 0 aromatic rings. The van der Waals surface area contributed by atoms with Gasteiger partial charge in [0.05, 0.1) is 17.8 Å². The zero-order valence-electron chi connectivity index (χ0n) is 20.3. The molecule has 0 saturated heterocycles. The van der Waals surface area contributed by atoms with Gasteiger partial charge in [0.1, 0.15) is 0 Å². The van der Waals surface area contributed by atoms with Crippen molar-refractivity contribution in [1.29, 1.82) is 0 Å². The van der Waals surface area contributed by atoms with Gasteiger partial charge in [0, 0.05) is 12.3 Å². The fraction of sp³-hybridized carbons (Fsp3) is 0.714. The third-order valence-corrected chi connectivity index (χ3v) is 8.75. The van der Waals surface area contributed by atoms with Crippen molar-refractivity contribution in [2.75, 3.05) is 0 Å². The molecule has 0 aliphatic heterocycles. The van der Waals surface area contributed by atoms with Crippen molar-refractivity contribution in [3.63, 3.8) is 0 Å². The van der Waals surface area contributed by atoms with Crippen LogP contribution in [0.4, 0.5) is 0 Å². The van der Waals surface area contributed by atoms with E-state index < -0.39 is 17.8 Å². The third kappa shape index (κ3) is 5.26. The van der Waals surface area contributed by atoms with Crippen molar-refractivity contribution in [2.24, 2.45) is 29.1 Å². The number of aliphatic hydroxyl groups is 3. The van der Waals surface area contributed by atoms with E-state index in [1.165, 1.54) is 31.3 Å². The summed E-state index contributed by atoms with van der Waals surface area (Å²) in [5, 5.41) is 30.4. The molecule has 0 spiro atoms. The first-order valence-electron chi connectivity index (χ1n) is 12.3. The lowest BCUT2D eigenvalue weighted by Gasteiger charge is -2.44. The molecule has 3 rings (SSSR count). The van der Waals surface area contributed by atoms with Crippen LogP contribution >= 0.6 is 0 Å². The first-order chi connectivity index (χ1) is 14.4. The van der Waals surface area contributed by atoms with Gasteiger partial charge in [0.25, 0.3) is 0 Å². The minimum atomic E-state index is -0.684. The van der Waals surface area contributed by atoms with E-state index in [-0.39, 0.29) is 5.92 Å². The predicted molar refractivity (Wildman–Crippen MR) is 128 cm³/mol. The van der Waals surface area contributed by atoms with Gasteiger partial charge in [-0.25, -0.2) is 0 Å². The summed E-state index contributed by atoms with van der Waals surface area (Å²) in [5.41, 5.74) is 2.93. The molecule has 3 fully saturated rings. The van der Waals surface area contributed by atoms with Crippen molar-refractivity contribution < 1.29 is 15.3 Å². The summed E-state index contributed by atoms with van der Waals surface area (Å²) in [7, 11) is 0. The molecular weight excluding hydrogens is 384 g/mol. The molecule has 0 aromatic carbocycles. The fourth-order valence-corrected chi connectivity index (χ4v) is 6.32. The van der Waals surface area contributed by atoms with Crippen molar-refractivity contribution in [3.05, 3.63) is 47.6 Å². The predicted octanol–water partition coefficient (Wildman–Crippen LogP) is 5.73. The molecule has 0 amide bonds. The van der Waals surface area contributed by atoms with Crippen LogP contribution in [-0.4, -0.2) is 33.1 Å². The minimum Gasteiger partial charge on any atom is -0.393 e. The topological polar surface area (TPSA) is 60.7 Å². The van der Waals surface area contributed by atoms with E-state index >= 15 is 0 Å². The molecule has 0 bridgehead atoms. The first kappa shape index (κ1) is 24.5. The van der Waals surface area contributed by atoms with Gasteiger partial charge in [0.15, 0.2) is 0 Å². The number of rotatable bonds is 5. The molecule has 0 unspecified atom stereocenters. The van der Waals surface area contributed by atoms with Crippen molar-refractivity contribution in [2.45, 2.75) is 97.4 Å². The van der Waals surface area contributed by atoms with Crippen molar-refractivity contribution in [1.82, 2.24) is 0 Å². The summed E-state index contributed by atoms with van der Waals surface area (Å²) in [4.78, 5) is 0. The number of hydrogen-bond acceptors (Lipinski definition) is 3. The fourth-order valence-electron chi connectivity index (χ4n) is 6.32. The van der Waals surface area contributed by atoms with Crippen molar-refractivity contribution in [3.8, 4) is 0 Å². The molecule has 0 heterocycles. The van der Waals surface area contributed by atoms with E-state index in [1.54, 1.807) is 0 Å². The second-order valence-corrected chi connectivity index (χ2v) is 11.4. The zero-order chi connectivity index (χ0) is 23.0. The Morgan fingerprint density at radius 3 is 2.52 bits per heavy atom. The second-order valence-electron chi connectivity index (χ2n) is 11.4. The van der Waals surface area contributed by atoms with Crippen LogP contribution < -0.4 is 0 Å². The zero-order valence-corrected chi connectivity index (χ0v) is 20.3. The Labute approximate surface area is 189 Å². The first-order valence-corrected chi connectivity index (χ1v) is 12.3. The molecule has 174 valence electrons. The maximum Gasteiger partial charge on any atom is 0.0811 e. The Hall–Kier alpha value is -1.16. The molecule has 31 heavy (non-hydrogen) atoms. The standard InChI is InChI=1S/C28H44O3/c1-18(9-10-19(2)27(4,5)31)24-13-14-25-21(8-7-15-28(24,25)6)11-12-22-16-23(29)17-26(30)20(22)3/h9-12,18-19,23-26,29-31H,3,7-8,13-17H2,1-2,4-6H3/b10-9+,21-11+,22-12-/t18-,19-,23-,24-,25+,26-,28-/m1/s1. The van der Waals surface area contributed by atoms with Gasteiger partial charge in [-0.2, -0.15) is 0 Å². The molecule has 7 atom stereocenters. The van der Waals surface area contributed by atoms with Crippen LogP contribution in [-0.2, 0) is 0 Å². The van der Waals surface area contributed by atoms with Crippen LogP contribution in [0.2, 0.25) is 0 Å². The average molecular weight is 429 g/mol. The Bertz CT molecular complexity index is 753. The van der Waals surface area contributed by atoms with Gasteiger partial charge in [-0.15, -0.1) is 0 Å². The number of hydrogen-bond donors (Lipinski definition) is 3. The number of aliphatic hydroxyl groups excluding tert-OH is 2. The molecule has 0 aromatic heterocycles. The van der Waals surface area contributed by atoms with Crippen LogP contribution in [0, 0.1) is 29.1 Å². The van der Waals surface area contributed by atoms with Crippen LogP contribution in [0.1, 0.15) is 79.6 Å². The summed E-state index contributed by atoms with van der Waals surface area (Å²) in [6.45, 7) is 14.7.